The van der Waals surface area contributed by atoms with Gasteiger partial charge in [-0.1, -0.05) is 24.4 Å². The van der Waals surface area contributed by atoms with Crippen molar-refractivity contribution in [1.29, 1.82) is 0 Å². The Morgan fingerprint density at radius 2 is 1.84 bits per heavy atom. The lowest BCUT2D eigenvalue weighted by molar-refractivity contribution is -0.123. The molecule has 31 heavy (non-hydrogen) atoms. The van der Waals surface area contributed by atoms with Gasteiger partial charge in [-0.2, -0.15) is 4.31 Å². The highest BCUT2D eigenvalue weighted by Crippen LogP contribution is 2.26. The SMILES string of the molecule is Cc1cc(NC(=O)[C@@H](C)OC(=O)c2ccc(S(=O)(=O)N(C)C3CCCCC3)cc2)on1. The van der Waals surface area contributed by atoms with Crippen LogP contribution in [0.3, 0.4) is 0 Å². The molecule has 1 N–H and O–H groups in total. The van der Waals surface area contributed by atoms with Crippen LogP contribution in [0.15, 0.2) is 39.8 Å². The number of hydrogen-bond acceptors (Lipinski definition) is 7. The second kappa shape index (κ2) is 9.61. The Hall–Kier alpha value is -2.72. The van der Waals surface area contributed by atoms with Gasteiger partial charge in [-0.25, -0.2) is 13.2 Å². The number of amides is 1. The zero-order chi connectivity index (χ0) is 22.6. The molecule has 3 rings (SSSR count). The second-order valence-corrected chi connectivity index (χ2v) is 9.70. The first-order chi connectivity index (χ1) is 14.7. The molecule has 1 aliphatic rings. The van der Waals surface area contributed by atoms with Crippen molar-refractivity contribution in [2.75, 3.05) is 12.4 Å². The van der Waals surface area contributed by atoms with Gasteiger partial charge in [-0.05, 0) is 51.0 Å². The maximum atomic E-state index is 12.9. The molecule has 1 fully saturated rings. The van der Waals surface area contributed by atoms with Crippen LogP contribution in [0.25, 0.3) is 0 Å². The normalized spacial score (nSPS) is 16.1. The molecular weight excluding hydrogens is 422 g/mol. The Labute approximate surface area is 181 Å². The number of esters is 1. The van der Waals surface area contributed by atoms with Crippen molar-refractivity contribution in [2.24, 2.45) is 0 Å². The Morgan fingerprint density at radius 3 is 2.42 bits per heavy atom. The van der Waals surface area contributed by atoms with Crippen molar-refractivity contribution in [1.82, 2.24) is 9.46 Å². The number of benzene rings is 1. The van der Waals surface area contributed by atoms with Crippen LogP contribution in [0.5, 0.6) is 0 Å². The lowest BCUT2D eigenvalue weighted by Crippen LogP contribution is -2.38. The fourth-order valence-electron chi connectivity index (χ4n) is 3.50. The maximum Gasteiger partial charge on any atom is 0.338 e. The van der Waals surface area contributed by atoms with Crippen molar-refractivity contribution in [3.8, 4) is 0 Å². The van der Waals surface area contributed by atoms with Crippen LogP contribution in [0.2, 0.25) is 0 Å². The van der Waals surface area contributed by atoms with Gasteiger partial charge in [0.2, 0.25) is 15.9 Å². The van der Waals surface area contributed by atoms with Gasteiger partial charge in [0.05, 0.1) is 16.2 Å². The standard InChI is InChI=1S/C21H27N3O6S/c1-14-13-19(30-23-14)22-20(25)15(2)29-21(26)16-9-11-18(12-10-16)31(27,28)24(3)17-7-5-4-6-8-17/h9-13,15,17H,4-8H2,1-3H3,(H,22,25)/t15-/m1/s1. The molecule has 1 atom stereocenters. The monoisotopic (exact) mass is 449 g/mol. The Bertz CT molecular complexity index is 1030. The van der Waals surface area contributed by atoms with Crippen molar-refractivity contribution in [3.63, 3.8) is 0 Å². The summed E-state index contributed by atoms with van der Waals surface area (Å²) < 4.78 is 37.3. The first-order valence-corrected chi connectivity index (χ1v) is 11.7. The van der Waals surface area contributed by atoms with Crippen LogP contribution in [0, 0.1) is 6.92 Å². The molecule has 1 amide bonds. The molecule has 0 bridgehead atoms. The van der Waals surface area contributed by atoms with E-state index in [0.29, 0.717) is 5.69 Å². The first-order valence-electron chi connectivity index (χ1n) is 10.2. The highest BCUT2D eigenvalue weighted by Gasteiger charge is 2.29. The lowest BCUT2D eigenvalue weighted by Gasteiger charge is -2.30. The topological polar surface area (TPSA) is 119 Å². The Morgan fingerprint density at radius 1 is 1.19 bits per heavy atom. The molecular formula is C21H27N3O6S. The summed E-state index contributed by atoms with van der Waals surface area (Å²) in [5.74, 6) is -1.15. The van der Waals surface area contributed by atoms with Crippen LogP contribution >= 0.6 is 0 Å². The molecule has 168 valence electrons. The van der Waals surface area contributed by atoms with E-state index in [-0.39, 0.29) is 22.4 Å². The molecule has 1 aromatic heterocycles. The molecule has 0 unspecified atom stereocenters. The zero-order valence-corrected chi connectivity index (χ0v) is 18.6. The molecule has 0 radical (unpaired) electrons. The average molecular weight is 450 g/mol. The number of carbonyl (C=O) groups excluding carboxylic acids is 2. The quantitative estimate of drug-likeness (QED) is 0.645. The molecule has 2 aromatic rings. The van der Waals surface area contributed by atoms with E-state index in [1.54, 1.807) is 14.0 Å². The summed E-state index contributed by atoms with van der Waals surface area (Å²) in [5, 5.41) is 6.12. The smallest absolute Gasteiger partial charge is 0.338 e. The predicted octanol–water partition coefficient (Wildman–Crippen LogP) is 3.12. The van der Waals surface area contributed by atoms with E-state index < -0.39 is 28.0 Å². The van der Waals surface area contributed by atoms with E-state index in [0.717, 1.165) is 32.1 Å². The van der Waals surface area contributed by atoms with Gasteiger partial charge in [-0.3, -0.25) is 10.1 Å². The molecule has 1 saturated carbocycles. The lowest BCUT2D eigenvalue weighted by atomic mass is 9.96. The summed E-state index contributed by atoms with van der Waals surface area (Å²) in [6.07, 6.45) is 3.81. The Balaban J connectivity index is 1.62. The first kappa shape index (κ1) is 23.0. The number of aromatic nitrogens is 1. The molecule has 1 heterocycles. The minimum absolute atomic E-state index is 0.00379. The van der Waals surface area contributed by atoms with Crippen LogP contribution in [-0.2, 0) is 19.6 Å². The molecule has 1 aromatic carbocycles. The molecule has 9 nitrogen and oxygen atoms in total. The van der Waals surface area contributed by atoms with Crippen LogP contribution in [0.1, 0.15) is 55.1 Å². The number of rotatable bonds is 7. The molecule has 1 aliphatic carbocycles. The van der Waals surface area contributed by atoms with Crippen LogP contribution in [0.4, 0.5) is 5.88 Å². The van der Waals surface area contributed by atoms with Gasteiger partial charge in [0.1, 0.15) is 0 Å². The van der Waals surface area contributed by atoms with Crippen molar-refractivity contribution < 1.29 is 27.3 Å². The average Bonchev–Trinajstić information content (AvgIpc) is 3.18. The summed E-state index contributed by atoms with van der Waals surface area (Å²) >= 11 is 0. The summed E-state index contributed by atoms with van der Waals surface area (Å²) in [5.41, 5.74) is 0.749. The van der Waals surface area contributed by atoms with E-state index in [9.17, 15) is 18.0 Å². The van der Waals surface area contributed by atoms with E-state index in [1.807, 2.05) is 0 Å². The minimum atomic E-state index is -3.65. The third kappa shape index (κ3) is 5.50. The number of hydrogen-bond donors (Lipinski definition) is 1. The Kier molecular flexibility index (Phi) is 7.11. The van der Waals surface area contributed by atoms with Gasteiger partial charge in [0.25, 0.3) is 5.91 Å². The van der Waals surface area contributed by atoms with Gasteiger partial charge in [0.15, 0.2) is 6.10 Å². The summed E-state index contributed by atoms with van der Waals surface area (Å²) in [6, 6.07) is 7.06. The van der Waals surface area contributed by atoms with Gasteiger partial charge in [-0.15, -0.1) is 0 Å². The largest absolute Gasteiger partial charge is 0.449 e. The van der Waals surface area contributed by atoms with E-state index in [4.69, 9.17) is 9.26 Å². The number of ether oxygens (including phenoxy) is 1. The van der Waals surface area contributed by atoms with Gasteiger partial charge in [0, 0.05) is 19.2 Å². The van der Waals surface area contributed by atoms with E-state index >= 15 is 0 Å². The van der Waals surface area contributed by atoms with E-state index in [2.05, 4.69) is 10.5 Å². The number of sulfonamides is 1. The molecule has 0 aliphatic heterocycles. The summed E-state index contributed by atoms with van der Waals surface area (Å²) in [4.78, 5) is 24.6. The zero-order valence-electron chi connectivity index (χ0n) is 17.8. The van der Waals surface area contributed by atoms with Crippen LogP contribution in [-0.4, -0.2) is 48.9 Å². The molecule has 10 heteroatoms. The van der Waals surface area contributed by atoms with Crippen molar-refractivity contribution in [2.45, 2.75) is 63.0 Å². The van der Waals surface area contributed by atoms with Gasteiger partial charge >= 0.3 is 5.97 Å². The number of anilines is 1. The fourth-order valence-corrected chi connectivity index (χ4v) is 4.91. The number of nitrogens with one attached hydrogen (secondary N) is 1. The number of aryl methyl sites for hydroxylation is 1. The fraction of sp³-hybridized carbons (Fsp3) is 0.476. The highest BCUT2D eigenvalue weighted by molar-refractivity contribution is 7.89. The summed E-state index contributed by atoms with van der Waals surface area (Å²) in [6.45, 7) is 3.13. The van der Waals surface area contributed by atoms with Gasteiger partial charge < -0.3 is 9.26 Å². The van der Waals surface area contributed by atoms with Crippen LogP contribution < -0.4 is 5.32 Å². The third-order valence-electron chi connectivity index (χ3n) is 5.38. The number of carbonyl (C=O) groups is 2. The maximum absolute atomic E-state index is 12.9. The van der Waals surface area contributed by atoms with Crippen molar-refractivity contribution in [3.05, 3.63) is 41.6 Å². The second-order valence-electron chi connectivity index (χ2n) is 7.71. The van der Waals surface area contributed by atoms with E-state index in [1.165, 1.54) is 41.6 Å². The highest BCUT2D eigenvalue weighted by atomic mass is 32.2. The number of nitrogens with zero attached hydrogens (tertiary/aromatic N) is 2. The van der Waals surface area contributed by atoms with Crippen molar-refractivity contribution >= 4 is 27.8 Å². The molecule has 0 spiro atoms. The predicted molar refractivity (Wildman–Crippen MR) is 113 cm³/mol. The summed E-state index contributed by atoms with van der Waals surface area (Å²) in [7, 11) is -2.05. The molecule has 0 saturated heterocycles. The minimum Gasteiger partial charge on any atom is -0.449 e. The third-order valence-corrected chi connectivity index (χ3v) is 7.31.